The number of hydrogen-bond donors (Lipinski definition) is 1. The Balaban J connectivity index is 1.32. The van der Waals surface area contributed by atoms with Gasteiger partial charge in [-0.05, 0) is 97.0 Å². The molecule has 2 atom stereocenters. The van der Waals surface area contributed by atoms with Crippen LogP contribution in [0.3, 0.4) is 0 Å². The van der Waals surface area contributed by atoms with E-state index in [9.17, 15) is 22.8 Å². The number of benzene rings is 3. The standard InChI is InChI=1S/C39H47F3N2O5/c1-5-8-28(9-7-10-37(45)29-12-16-31(17-13-29)49-32-18-14-30(15-19-32)39(40,41)42)24-44(4)25-36-27(3)11-20-35(34(36)6-2)38(46)43-23-33-26-47-21-22-48-33/h11-20,25,28,33H,3,5-10,21-24,26H2,1-2,4H3,(H,43,46)/b36-25+. The van der Waals surface area contributed by atoms with E-state index >= 15 is 0 Å². The van der Waals surface area contributed by atoms with Gasteiger partial charge in [0.15, 0.2) is 5.78 Å². The average molecular weight is 681 g/mol. The van der Waals surface area contributed by atoms with Gasteiger partial charge in [0.2, 0.25) is 0 Å². The first-order valence-electron chi connectivity index (χ1n) is 17.0. The molecule has 0 aliphatic carbocycles. The van der Waals surface area contributed by atoms with Crippen LogP contribution in [0.25, 0.3) is 12.8 Å². The summed E-state index contributed by atoms with van der Waals surface area (Å²) in [5, 5.41) is 4.81. The van der Waals surface area contributed by atoms with Crippen molar-refractivity contribution in [2.45, 2.75) is 64.7 Å². The topological polar surface area (TPSA) is 77.1 Å². The maximum absolute atomic E-state index is 13.2. The fraction of sp³-hybridized carbons (Fsp3) is 0.436. The lowest BCUT2D eigenvalue weighted by molar-refractivity contribution is -0.137. The molecule has 0 spiro atoms. The van der Waals surface area contributed by atoms with Gasteiger partial charge in [-0.1, -0.05) is 32.9 Å². The van der Waals surface area contributed by atoms with Crippen molar-refractivity contribution in [1.29, 1.82) is 0 Å². The summed E-state index contributed by atoms with van der Waals surface area (Å²) < 4.78 is 55.2. The third-order valence-corrected chi connectivity index (χ3v) is 8.62. The highest BCUT2D eigenvalue weighted by Gasteiger charge is 2.30. The van der Waals surface area contributed by atoms with Crippen LogP contribution in [0, 0.1) is 5.92 Å². The molecule has 0 saturated carbocycles. The quantitative estimate of drug-likeness (QED) is 0.169. The predicted octanol–water partition coefficient (Wildman–Crippen LogP) is 6.75. The number of nitrogens with zero attached hydrogens (tertiary/aromatic N) is 1. The number of ether oxygens (including phenoxy) is 3. The van der Waals surface area contributed by atoms with Gasteiger partial charge in [-0.3, -0.25) is 9.59 Å². The van der Waals surface area contributed by atoms with Crippen LogP contribution in [0.4, 0.5) is 13.2 Å². The van der Waals surface area contributed by atoms with Crippen molar-refractivity contribution < 1.29 is 37.0 Å². The molecule has 1 fully saturated rings. The highest BCUT2D eigenvalue weighted by atomic mass is 19.4. The van der Waals surface area contributed by atoms with Crippen LogP contribution < -0.4 is 20.5 Å². The number of Topliss-reactive ketones (excluding diaryl/α,β-unsaturated/α-hetero) is 1. The van der Waals surface area contributed by atoms with Crippen molar-refractivity contribution in [3.05, 3.63) is 93.4 Å². The maximum Gasteiger partial charge on any atom is 0.416 e. The minimum absolute atomic E-state index is 0.0307. The molecule has 1 saturated heterocycles. The fourth-order valence-electron chi connectivity index (χ4n) is 6.09. The van der Waals surface area contributed by atoms with Gasteiger partial charge in [0.25, 0.3) is 5.91 Å². The first-order chi connectivity index (χ1) is 23.5. The molecule has 0 bridgehead atoms. The van der Waals surface area contributed by atoms with Crippen LogP contribution in [-0.4, -0.2) is 62.7 Å². The highest BCUT2D eigenvalue weighted by Crippen LogP contribution is 2.31. The van der Waals surface area contributed by atoms with Crippen LogP contribution in [-0.2, 0) is 22.1 Å². The van der Waals surface area contributed by atoms with Crippen LogP contribution >= 0.6 is 0 Å². The van der Waals surface area contributed by atoms with Crippen LogP contribution in [0.5, 0.6) is 11.5 Å². The molecule has 0 aromatic heterocycles. The summed E-state index contributed by atoms with van der Waals surface area (Å²) in [5.41, 5.74) is 1.41. The van der Waals surface area contributed by atoms with E-state index in [2.05, 4.69) is 29.9 Å². The Morgan fingerprint density at radius 2 is 1.71 bits per heavy atom. The normalized spacial score (nSPS) is 15.9. The van der Waals surface area contributed by atoms with Gasteiger partial charge in [-0.15, -0.1) is 0 Å². The maximum atomic E-state index is 13.2. The molecule has 1 heterocycles. The van der Waals surface area contributed by atoms with Gasteiger partial charge in [0, 0.05) is 49.1 Å². The number of rotatable bonds is 16. The summed E-state index contributed by atoms with van der Waals surface area (Å²) in [6.45, 7) is 11.2. The number of amides is 1. The molecular formula is C39H47F3N2O5. The fourth-order valence-corrected chi connectivity index (χ4v) is 6.09. The second-order valence-electron chi connectivity index (χ2n) is 12.5. The van der Waals surface area contributed by atoms with Gasteiger partial charge in [0.1, 0.15) is 11.5 Å². The van der Waals surface area contributed by atoms with Gasteiger partial charge in [0.05, 0.1) is 31.5 Å². The van der Waals surface area contributed by atoms with Gasteiger partial charge in [-0.25, -0.2) is 0 Å². The smallest absolute Gasteiger partial charge is 0.416 e. The van der Waals surface area contributed by atoms with Crippen molar-refractivity contribution >= 4 is 24.5 Å². The minimum atomic E-state index is -4.41. The number of ketones is 1. The van der Waals surface area contributed by atoms with Crippen LogP contribution in [0.15, 0.2) is 60.7 Å². The zero-order chi connectivity index (χ0) is 35.4. The number of carbonyl (C=O) groups excluding carboxylic acids is 2. The summed E-state index contributed by atoms with van der Waals surface area (Å²) >= 11 is 0. The van der Waals surface area contributed by atoms with E-state index in [1.807, 2.05) is 26.1 Å². The first kappa shape index (κ1) is 37.7. The molecular weight excluding hydrogens is 633 g/mol. The molecule has 0 radical (unpaired) electrons. The summed E-state index contributed by atoms with van der Waals surface area (Å²) in [6.07, 6.45) is 2.29. The highest BCUT2D eigenvalue weighted by molar-refractivity contribution is 5.96. The molecule has 3 aromatic rings. The van der Waals surface area contributed by atoms with Crippen molar-refractivity contribution in [2.75, 3.05) is 40.0 Å². The van der Waals surface area contributed by atoms with E-state index in [0.717, 1.165) is 60.4 Å². The van der Waals surface area contributed by atoms with E-state index in [0.29, 0.717) is 62.0 Å². The monoisotopic (exact) mass is 680 g/mol. The Kier molecular flexibility index (Phi) is 13.8. The van der Waals surface area contributed by atoms with E-state index in [-0.39, 0.29) is 23.5 Å². The molecule has 49 heavy (non-hydrogen) atoms. The number of halogens is 3. The van der Waals surface area contributed by atoms with Crippen molar-refractivity contribution in [3.63, 3.8) is 0 Å². The van der Waals surface area contributed by atoms with Crippen molar-refractivity contribution in [2.24, 2.45) is 5.92 Å². The lowest BCUT2D eigenvalue weighted by Crippen LogP contribution is -2.41. The average Bonchev–Trinajstić information content (AvgIpc) is 3.08. The zero-order valence-corrected chi connectivity index (χ0v) is 28.6. The molecule has 1 aliphatic heterocycles. The molecule has 1 N–H and O–H groups in total. The van der Waals surface area contributed by atoms with Crippen LogP contribution in [0.2, 0.25) is 0 Å². The lowest BCUT2D eigenvalue weighted by atomic mass is 9.94. The first-order valence-corrected chi connectivity index (χ1v) is 17.0. The Morgan fingerprint density at radius 3 is 2.33 bits per heavy atom. The van der Waals surface area contributed by atoms with E-state index in [4.69, 9.17) is 14.2 Å². The van der Waals surface area contributed by atoms with E-state index in [1.54, 1.807) is 24.3 Å². The molecule has 1 amide bonds. The van der Waals surface area contributed by atoms with Crippen molar-refractivity contribution in [3.8, 4) is 11.5 Å². The Bertz CT molecular complexity index is 1640. The third-order valence-electron chi connectivity index (χ3n) is 8.62. The molecule has 4 rings (SSSR count). The number of nitrogens with one attached hydrogen (secondary N) is 1. The second-order valence-corrected chi connectivity index (χ2v) is 12.5. The van der Waals surface area contributed by atoms with E-state index in [1.165, 1.54) is 12.1 Å². The Morgan fingerprint density at radius 1 is 1.02 bits per heavy atom. The minimum Gasteiger partial charge on any atom is -0.457 e. The summed E-state index contributed by atoms with van der Waals surface area (Å²) in [5.74, 6) is 0.983. The third kappa shape index (κ3) is 11.2. The summed E-state index contributed by atoms with van der Waals surface area (Å²) in [4.78, 5) is 28.3. The summed E-state index contributed by atoms with van der Waals surface area (Å²) in [6, 6.07) is 14.9. The molecule has 7 nitrogen and oxygen atoms in total. The number of hydrogen-bond acceptors (Lipinski definition) is 6. The number of alkyl halides is 3. The molecule has 264 valence electrons. The Hall–Kier alpha value is -4.15. The summed E-state index contributed by atoms with van der Waals surface area (Å²) in [7, 11) is 2.04. The van der Waals surface area contributed by atoms with Gasteiger partial charge < -0.3 is 24.4 Å². The lowest BCUT2D eigenvalue weighted by Gasteiger charge is -2.24. The van der Waals surface area contributed by atoms with Crippen LogP contribution in [0.1, 0.15) is 77.8 Å². The number of carbonyl (C=O) groups is 2. The largest absolute Gasteiger partial charge is 0.457 e. The molecule has 2 unspecified atom stereocenters. The SMILES string of the molecule is C=c1ccc(C(=O)NCC2COCCO2)c(CC)/c1=C/N(C)CC(CCC)CCCC(=O)c1ccc(Oc2ccc(C(F)(F)F)cc2)cc1. The molecule has 10 heteroatoms. The predicted molar refractivity (Wildman–Crippen MR) is 185 cm³/mol. The van der Waals surface area contributed by atoms with Crippen molar-refractivity contribution in [1.82, 2.24) is 10.2 Å². The molecule has 1 aliphatic rings. The Labute approximate surface area is 286 Å². The zero-order valence-electron chi connectivity index (χ0n) is 28.6. The van der Waals surface area contributed by atoms with Gasteiger partial charge >= 0.3 is 6.18 Å². The second kappa shape index (κ2) is 18.0. The molecule has 3 aromatic carbocycles. The van der Waals surface area contributed by atoms with Gasteiger partial charge in [-0.2, -0.15) is 13.2 Å². The van der Waals surface area contributed by atoms with E-state index < -0.39 is 11.7 Å².